The third kappa shape index (κ3) is 4.31. The summed E-state index contributed by atoms with van der Waals surface area (Å²) >= 11 is 0. The van der Waals surface area contributed by atoms with Crippen LogP contribution in [0.25, 0.3) is 82.1 Å². The van der Waals surface area contributed by atoms with E-state index in [1.54, 1.807) is 12.1 Å². The predicted molar refractivity (Wildman–Crippen MR) is 202 cm³/mol. The zero-order valence-corrected chi connectivity index (χ0v) is 26.7. The summed E-state index contributed by atoms with van der Waals surface area (Å²) in [7, 11) is 0. The Morgan fingerprint density at radius 1 is 0.500 bits per heavy atom. The smallest absolute Gasteiger partial charge is 0.211 e. The van der Waals surface area contributed by atoms with Crippen LogP contribution in [0.15, 0.2) is 152 Å². The van der Waals surface area contributed by atoms with E-state index < -0.39 is 0 Å². The summed E-state index contributed by atoms with van der Waals surface area (Å²) < 4.78 is 4.38. The Hall–Kier alpha value is -7.39. The molecule has 5 heteroatoms. The van der Waals surface area contributed by atoms with Crippen LogP contribution in [0.5, 0.6) is 0 Å². The van der Waals surface area contributed by atoms with Gasteiger partial charge in [0.05, 0.1) is 57.6 Å². The molecule has 0 atom stereocenters. The van der Waals surface area contributed by atoms with Crippen LogP contribution in [0, 0.1) is 29.2 Å². The van der Waals surface area contributed by atoms with Crippen molar-refractivity contribution in [2.45, 2.75) is 0 Å². The van der Waals surface area contributed by atoms with Crippen LogP contribution in [0.2, 0.25) is 0 Å². The lowest BCUT2D eigenvalue weighted by atomic mass is 9.98. The van der Waals surface area contributed by atoms with Crippen LogP contribution in [0.4, 0.5) is 5.69 Å². The molecule has 0 fully saturated rings. The lowest BCUT2D eigenvalue weighted by Gasteiger charge is -2.16. The normalized spacial score (nSPS) is 11.1. The number of nitriles is 2. The van der Waals surface area contributed by atoms with Crippen LogP contribution in [-0.2, 0) is 0 Å². The monoisotopic (exact) mass is 635 g/mol. The first-order valence-corrected chi connectivity index (χ1v) is 16.3. The average molecular weight is 636 g/mol. The van der Waals surface area contributed by atoms with Crippen LogP contribution in [-0.4, -0.2) is 9.13 Å². The molecule has 0 unspecified atom stereocenters. The Balaban J connectivity index is 1.15. The third-order valence-corrected chi connectivity index (χ3v) is 9.63. The molecule has 50 heavy (non-hydrogen) atoms. The average Bonchev–Trinajstić information content (AvgIpc) is 3.70. The van der Waals surface area contributed by atoms with Gasteiger partial charge in [-0.1, -0.05) is 97.1 Å². The van der Waals surface area contributed by atoms with Gasteiger partial charge < -0.3 is 9.13 Å². The minimum Gasteiger partial charge on any atom is -0.318 e. The fraction of sp³-hybridized carbons (Fsp3) is 0. The molecule has 9 aromatic rings. The maximum absolute atomic E-state index is 10.0. The van der Waals surface area contributed by atoms with Gasteiger partial charge in [0, 0.05) is 27.2 Å². The number of fused-ring (bicyclic) bond motifs is 6. The van der Waals surface area contributed by atoms with Crippen LogP contribution in [0.1, 0.15) is 11.1 Å². The highest BCUT2D eigenvalue weighted by Gasteiger charge is 2.21. The Kier molecular flexibility index (Phi) is 6.56. The zero-order chi connectivity index (χ0) is 33.8. The van der Waals surface area contributed by atoms with E-state index in [1.807, 2.05) is 42.5 Å². The molecule has 0 aliphatic rings. The van der Waals surface area contributed by atoms with Gasteiger partial charge in [-0.2, -0.15) is 10.5 Å². The first kappa shape index (κ1) is 28.8. The molecule has 0 bridgehead atoms. The van der Waals surface area contributed by atoms with Gasteiger partial charge in [0.25, 0.3) is 0 Å². The number of para-hydroxylation sites is 3. The number of benzene rings is 7. The molecule has 0 aliphatic carbocycles. The van der Waals surface area contributed by atoms with E-state index >= 15 is 0 Å². The Morgan fingerprint density at radius 2 is 1.10 bits per heavy atom. The van der Waals surface area contributed by atoms with E-state index in [0.717, 1.165) is 55.4 Å². The van der Waals surface area contributed by atoms with Crippen molar-refractivity contribution in [3.8, 4) is 45.8 Å². The molecule has 2 heterocycles. The van der Waals surface area contributed by atoms with Crippen molar-refractivity contribution in [3.63, 3.8) is 0 Å². The van der Waals surface area contributed by atoms with Crippen molar-refractivity contribution in [2.75, 3.05) is 0 Å². The standard InChI is InChI=1S/C45H25N5/c1-48-39-12-7-11-35(45(39)50-42-25-16-29(27-46)26-38(42)44-33(28-47)8-6-15-43(44)50)32-19-17-30(18-20-32)31-21-23-34(24-22-31)49-40-13-4-2-9-36(40)37-10-3-5-14-41(37)49/h2-26H. The molecule has 5 nitrogen and oxygen atoms in total. The molecule has 0 aliphatic heterocycles. The largest absolute Gasteiger partial charge is 0.318 e. The highest BCUT2D eigenvalue weighted by atomic mass is 15.0. The maximum atomic E-state index is 10.0. The number of hydrogen-bond acceptors (Lipinski definition) is 2. The summed E-state index contributed by atoms with van der Waals surface area (Å²) in [5, 5.41) is 23.8. The molecule has 0 radical (unpaired) electrons. The van der Waals surface area contributed by atoms with Crippen LogP contribution >= 0.6 is 0 Å². The fourth-order valence-electron chi connectivity index (χ4n) is 7.41. The summed E-state index contributed by atoms with van der Waals surface area (Å²) in [6, 6.07) is 55.7. The molecular formula is C45H25N5. The van der Waals surface area contributed by atoms with Crippen molar-refractivity contribution in [1.29, 1.82) is 10.5 Å². The van der Waals surface area contributed by atoms with E-state index in [9.17, 15) is 10.5 Å². The second-order valence-electron chi connectivity index (χ2n) is 12.3. The highest BCUT2D eigenvalue weighted by molar-refractivity contribution is 6.13. The minimum absolute atomic E-state index is 0.498. The SMILES string of the molecule is [C-]#[N+]c1cccc(-c2ccc(-c3ccc(-n4c5ccccc5c5ccccc54)cc3)cc2)c1-n1c2ccc(C#N)cc2c2c(C#N)cccc21. The molecule has 0 spiro atoms. The van der Waals surface area contributed by atoms with Gasteiger partial charge in [-0.05, 0) is 76.9 Å². The van der Waals surface area contributed by atoms with Crippen molar-refractivity contribution < 1.29 is 0 Å². The van der Waals surface area contributed by atoms with Crippen LogP contribution < -0.4 is 0 Å². The summed E-state index contributed by atoms with van der Waals surface area (Å²) in [5.74, 6) is 0. The highest BCUT2D eigenvalue weighted by Crippen LogP contribution is 2.42. The molecule has 9 rings (SSSR count). The second kappa shape index (κ2) is 11.4. The number of rotatable bonds is 4. The quantitative estimate of drug-likeness (QED) is 0.181. The van der Waals surface area contributed by atoms with E-state index in [0.29, 0.717) is 16.8 Å². The summed E-state index contributed by atoms with van der Waals surface area (Å²) in [6.45, 7) is 8.12. The lowest BCUT2D eigenvalue weighted by Crippen LogP contribution is -1.98. The van der Waals surface area contributed by atoms with Crippen molar-refractivity contribution >= 4 is 49.3 Å². The van der Waals surface area contributed by atoms with Gasteiger partial charge in [-0.15, -0.1) is 0 Å². The third-order valence-electron chi connectivity index (χ3n) is 9.63. The number of nitrogens with zero attached hydrogens (tertiary/aromatic N) is 5. The second-order valence-corrected chi connectivity index (χ2v) is 12.3. The summed E-state index contributed by atoms with van der Waals surface area (Å²) in [6.07, 6.45) is 0. The Labute approximate surface area is 288 Å². The van der Waals surface area contributed by atoms with E-state index in [4.69, 9.17) is 6.57 Å². The molecule has 230 valence electrons. The van der Waals surface area contributed by atoms with E-state index in [2.05, 4.69) is 123 Å². The van der Waals surface area contributed by atoms with Crippen molar-refractivity contribution in [3.05, 3.63) is 174 Å². The predicted octanol–water partition coefficient (Wildman–Crippen LogP) is 11.5. The maximum Gasteiger partial charge on any atom is 0.211 e. The molecule has 0 amide bonds. The molecule has 2 aromatic heterocycles. The molecule has 7 aromatic carbocycles. The minimum atomic E-state index is 0.498. The van der Waals surface area contributed by atoms with E-state index in [-0.39, 0.29) is 0 Å². The van der Waals surface area contributed by atoms with Gasteiger partial charge in [-0.25, -0.2) is 4.85 Å². The first-order chi connectivity index (χ1) is 24.7. The van der Waals surface area contributed by atoms with Crippen LogP contribution in [0.3, 0.4) is 0 Å². The van der Waals surface area contributed by atoms with Gasteiger partial charge in [0.2, 0.25) is 5.69 Å². The zero-order valence-electron chi connectivity index (χ0n) is 26.7. The molecule has 0 saturated heterocycles. The number of aromatic nitrogens is 2. The molecule has 0 N–H and O–H groups in total. The molecule has 0 saturated carbocycles. The van der Waals surface area contributed by atoms with E-state index in [1.165, 1.54) is 21.8 Å². The summed E-state index contributed by atoms with van der Waals surface area (Å²) in [4.78, 5) is 3.94. The lowest BCUT2D eigenvalue weighted by molar-refractivity contribution is 1.18. The Bertz CT molecular complexity index is 2890. The van der Waals surface area contributed by atoms with Crippen molar-refractivity contribution in [2.24, 2.45) is 0 Å². The first-order valence-electron chi connectivity index (χ1n) is 16.3. The van der Waals surface area contributed by atoms with Crippen molar-refractivity contribution in [1.82, 2.24) is 9.13 Å². The van der Waals surface area contributed by atoms with Gasteiger partial charge in [0.15, 0.2) is 0 Å². The van der Waals surface area contributed by atoms with Gasteiger partial charge in [0.1, 0.15) is 0 Å². The van der Waals surface area contributed by atoms with Gasteiger partial charge >= 0.3 is 0 Å². The number of hydrogen-bond donors (Lipinski definition) is 0. The van der Waals surface area contributed by atoms with Gasteiger partial charge in [-0.3, -0.25) is 0 Å². The Morgan fingerprint density at radius 3 is 1.76 bits per heavy atom. The summed E-state index contributed by atoms with van der Waals surface area (Å²) in [5.41, 5.74) is 11.5. The fourth-order valence-corrected chi connectivity index (χ4v) is 7.41. The molecular weight excluding hydrogens is 611 g/mol. The topological polar surface area (TPSA) is 61.8 Å².